The molecule has 2 fully saturated rings. The Kier molecular flexibility index (Phi) is 5.87. The predicted molar refractivity (Wildman–Crippen MR) is 115 cm³/mol. The van der Waals surface area contributed by atoms with Gasteiger partial charge in [-0.2, -0.15) is 0 Å². The first-order valence-corrected chi connectivity index (χ1v) is 11.8. The van der Waals surface area contributed by atoms with Gasteiger partial charge in [0.15, 0.2) is 0 Å². The van der Waals surface area contributed by atoms with E-state index in [2.05, 4.69) is 22.3 Å². The minimum Gasteiger partial charge on any atom is -0.350 e. The van der Waals surface area contributed by atoms with Gasteiger partial charge < -0.3 is 5.32 Å². The lowest BCUT2D eigenvalue weighted by atomic mass is 10.1. The molecule has 0 unspecified atom stereocenters. The zero-order valence-corrected chi connectivity index (χ0v) is 17.5. The third-order valence-corrected chi connectivity index (χ3v) is 7.36. The van der Waals surface area contributed by atoms with E-state index in [0.29, 0.717) is 12.1 Å². The quantitative estimate of drug-likeness (QED) is 0.765. The molecule has 1 N–H and O–H groups in total. The van der Waals surface area contributed by atoms with Crippen molar-refractivity contribution in [3.8, 4) is 0 Å². The van der Waals surface area contributed by atoms with Gasteiger partial charge in [-0.25, -0.2) is 12.7 Å². The van der Waals surface area contributed by atoms with Crippen LogP contribution in [0.4, 0.5) is 5.69 Å². The number of benzene rings is 2. The molecule has 2 aromatic rings. The van der Waals surface area contributed by atoms with Crippen LogP contribution in [-0.2, 0) is 14.8 Å². The highest BCUT2D eigenvalue weighted by molar-refractivity contribution is 7.94. The molecule has 2 heterocycles. The average molecular weight is 428 g/mol. The zero-order valence-electron chi connectivity index (χ0n) is 16.7. The summed E-state index contributed by atoms with van der Waals surface area (Å²) in [5.41, 5.74) is 1.87. The fraction of sp³-hybridized carbons (Fsp3) is 0.364. The normalized spacial score (nSPS) is 19.7. The standard InChI is InChI=1S/C22H25N3O4S/c26-21-12-15-30(28,29)25(21)19-10-8-18(9-11-19)22(27)23-16-20(24-13-4-5-14-24)17-6-2-1-3-7-17/h1-3,6-11,20H,4-5,12-16H2,(H,23,27)/t20-/m1/s1. The molecule has 8 heteroatoms. The van der Waals surface area contributed by atoms with Gasteiger partial charge in [0.2, 0.25) is 15.9 Å². The van der Waals surface area contributed by atoms with Gasteiger partial charge in [-0.3, -0.25) is 14.5 Å². The SMILES string of the molecule is O=C(NC[C@H](c1ccccc1)N1CCCC1)c1ccc(N2C(=O)CCS2(=O)=O)cc1. The number of rotatable bonds is 6. The summed E-state index contributed by atoms with van der Waals surface area (Å²) in [6, 6.07) is 16.4. The number of nitrogens with one attached hydrogen (secondary N) is 1. The summed E-state index contributed by atoms with van der Waals surface area (Å²) >= 11 is 0. The Morgan fingerprint density at radius 2 is 1.67 bits per heavy atom. The average Bonchev–Trinajstić information content (AvgIpc) is 3.37. The van der Waals surface area contributed by atoms with Crippen LogP contribution in [0.3, 0.4) is 0 Å². The van der Waals surface area contributed by atoms with Crippen LogP contribution in [0.25, 0.3) is 0 Å². The van der Waals surface area contributed by atoms with E-state index in [1.165, 1.54) is 17.7 Å². The van der Waals surface area contributed by atoms with E-state index in [1.807, 2.05) is 18.2 Å². The van der Waals surface area contributed by atoms with E-state index in [-0.39, 0.29) is 29.8 Å². The number of carbonyl (C=O) groups excluding carboxylic acids is 2. The molecule has 0 bridgehead atoms. The van der Waals surface area contributed by atoms with E-state index in [4.69, 9.17) is 0 Å². The lowest BCUT2D eigenvalue weighted by Crippen LogP contribution is -2.36. The van der Waals surface area contributed by atoms with Gasteiger partial charge in [-0.1, -0.05) is 30.3 Å². The molecule has 2 aromatic carbocycles. The summed E-state index contributed by atoms with van der Waals surface area (Å²) < 4.78 is 24.9. The summed E-state index contributed by atoms with van der Waals surface area (Å²) in [4.78, 5) is 27.0. The van der Waals surface area contributed by atoms with Gasteiger partial charge in [0.25, 0.3) is 5.91 Å². The number of likely N-dealkylation sites (tertiary alicyclic amines) is 1. The van der Waals surface area contributed by atoms with Crippen LogP contribution >= 0.6 is 0 Å². The molecule has 2 amide bonds. The van der Waals surface area contributed by atoms with Crippen LogP contribution in [0.5, 0.6) is 0 Å². The lowest BCUT2D eigenvalue weighted by molar-refractivity contribution is -0.116. The first-order chi connectivity index (χ1) is 14.5. The van der Waals surface area contributed by atoms with E-state index >= 15 is 0 Å². The van der Waals surface area contributed by atoms with Crippen LogP contribution in [0.2, 0.25) is 0 Å². The van der Waals surface area contributed by atoms with Crippen LogP contribution in [0, 0.1) is 0 Å². The molecule has 2 aliphatic rings. The number of nitrogens with zero attached hydrogens (tertiary/aromatic N) is 2. The minimum absolute atomic E-state index is 0.0120. The van der Waals surface area contributed by atoms with Crippen LogP contribution < -0.4 is 9.62 Å². The summed E-state index contributed by atoms with van der Waals surface area (Å²) in [5, 5.41) is 3.01. The fourth-order valence-corrected chi connectivity index (χ4v) is 5.55. The smallest absolute Gasteiger partial charge is 0.251 e. The Bertz CT molecular complexity index is 1020. The third kappa shape index (κ3) is 4.24. The Hall–Kier alpha value is -2.71. The zero-order chi connectivity index (χ0) is 21.1. The molecule has 0 spiro atoms. The highest BCUT2D eigenvalue weighted by Crippen LogP contribution is 2.26. The number of hydrogen-bond donors (Lipinski definition) is 1. The summed E-state index contributed by atoms with van der Waals surface area (Å²) in [6.07, 6.45) is 2.32. The summed E-state index contributed by atoms with van der Waals surface area (Å²) in [7, 11) is -3.61. The Morgan fingerprint density at radius 3 is 2.27 bits per heavy atom. The van der Waals surface area contributed by atoms with Gasteiger partial charge in [0.1, 0.15) is 0 Å². The van der Waals surface area contributed by atoms with Crippen molar-refractivity contribution in [2.75, 3.05) is 29.7 Å². The fourth-order valence-electron chi connectivity index (χ4n) is 4.09. The van der Waals surface area contributed by atoms with Crippen molar-refractivity contribution in [2.24, 2.45) is 0 Å². The first-order valence-electron chi connectivity index (χ1n) is 10.2. The maximum Gasteiger partial charge on any atom is 0.251 e. The number of sulfonamides is 1. The highest BCUT2D eigenvalue weighted by Gasteiger charge is 2.36. The molecule has 0 radical (unpaired) electrons. The minimum atomic E-state index is -3.61. The highest BCUT2D eigenvalue weighted by atomic mass is 32.2. The van der Waals surface area contributed by atoms with E-state index in [0.717, 1.165) is 30.2 Å². The Morgan fingerprint density at radius 1 is 1.00 bits per heavy atom. The summed E-state index contributed by atoms with van der Waals surface area (Å²) in [5.74, 6) is -0.841. The van der Waals surface area contributed by atoms with Crippen molar-refractivity contribution in [3.05, 3.63) is 65.7 Å². The predicted octanol–water partition coefficient (Wildman–Crippen LogP) is 2.32. The second-order valence-corrected chi connectivity index (χ2v) is 9.59. The molecule has 1 atom stereocenters. The van der Waals surface area contributed by atoms with Gasteiger partial charge in [-0.15, -0.1) is 0 Å². The first kappa shape index (κ1) is 20.6. The molecule has 158 valence electrons. The maximum absolute atomic E-state index is 12.7. The van der Waals surface area contributed by atoms with Crippen LogP contribution in [0.1, 0.15) is 41.2 Å². The molecular formula is C22H25N3O4S. The van der Waals surface area contributed by atoms with Gasteiger partial charge in [0, 0.05) is 18.5 Å². The van der Waals surface area contributed by atoms with Crippen LogP contribution in [0.15, 0.2) is 54.6 Å². The Labute approximate surface area is 176 Å². The number of hydrogen-bond acceptors (Lipinski definition) is 5. The molecule has 0 saturated carbocycles. The van der Waals surface area contributed by atoms with Crippen LogP contribution in [-0.4, -0.2) is 50.5 Å². The van der Waals surface area contributed by atoms with Crippen molar-refractivity contribution in [3.63, 3.8) is 0 Å². The van der Waals surface area contributed by atoms with E-state index < -0.39 is 15.9 Å². The largest absolute Gasteiger partial charge is 0.350 e. The van der Waals surface area contributed by atoms with Gasteiger partial charge in [0.05, 0.1) is 17.5 Å². The van der Waals surface area contributed by atoms with Crippen molar-refractivity contribution in [2.45, 2.75) is 25.3 Å². The molecule has 0 aromatic heterocycles. The third-order valence-electron chi connectivity index (χ3n) is 5.66. The second kappa shape index (κ2) is 8.57. The molecule has 2 aliphatic heterocycles. The van der Waals surface area contributed by atoms with Crippen molar-refractivity contribution >= 4 is 27.5 Å². The lowest BCUT2D eigenvalue weighted by Gasteiger charge is -2.28. The van der Waals surface area contributed by atoms with E-state index in [1.54, 1.807) is 12.1 Å². The monoisotopic (exact) mass is 427 g/mol. The molecule has 2 saturated heterocycles. The van der Waals surface area contributed by atoms with Crippen molar-refractivity contribution < 1.29 is 18.0 Å². The molecule has 4 rings (SSSR count). The second-order valence-electron chi connectivity index (χ2n) is 7.65. The van der Waals surface area contributed by atoms with Crippen molar-refractivity contribution in [1.29, 1.82) is 0 Å². The Balaban J connectivity index is 1.45. The molecule has 0 aliphatic carbocycles. The van der Waals surface area contributed by atoms with Gasteiger partial charge in [-0.05, 0) is 55.8 Å². The molecule has 30 heavy (non-hydrogen) atoms. The van der Waals surface area contributed by atoms with Crippen molar-refractivity contribution in [1.82, 2.24) is 10.2 Å². The molecule has 7 nitrogen and oxygen atoms in total. The molecular weight excluding hydrogens is 402 g/mol. The van der Waals surface area contributed by atoms with E-state index in [9.17, 15) is 18.0 Å². The maximum atomic E-state index is 12.7. The number of carbonyl (C=O) groups is 2. The summed E-state index contributed by atoms with van der Waals surface area (Å²) in [6.45, 7) is 2.52. The van der Waals surface area contributed by atoms with Gasteiger partial charge >= 0.3 is 0 Å². The topological polar surface area (TPSA) is 86.8 Å². The number of anilines is 1. The number of amides is 2.